The van der Waals surface area contributed by atoms with Crippen LogP contribution in [0.25, 0.3) is 10.8 Å². The van der Waals surface area contributed by atoms with E-state index in [0.29, 0.717) is 41.4 Å². The van der Waals surface area contributed by atoms with Gasteiger partial charge in [-0.05, 0) is 66.1 Å². The minimum absolute atomic E-state index is 0.208. The van der Waals surface area contributed by atoms with E-state index in [1.165, 1.54) is 6.21 Å². The van der Waals surface area contributed by atoms with Crippen molar-refractivity contribution >= 4 is 28.9 Å². The van der Waals surface area contributed by atoms with Crippen LogP contribution in [0, 0.1) is 0 Å². The Labute approximate surface area is 221 Å². The van der Waals surface area contributed by atoms with Crippen LogP contribution >= 0.6 is 0 Å². The summed E-state index contributed by atoms with van der Waals surface area (Å²) in [4.78, 5) is 25.2. The number of carbonyl (C=O) groups excluding carboxylic acids is 2. The van der Waals surface area contributed by atoms with Crippen LogP contribution in [-0.2, 0) is 11.2 Å². The first-order chi connectivity index (χ1) is 18.6. The van der Waals surface area contributed by atoms with Gasteiger partial charge in [-0.15, -0.1) is 6.58 Å². The fourth-order valence-corrected chi connectivity index (χ4v) is 3.82. The second-order valence-corrected chi connectivity index (χ2v) is 8.23. The summed E-state index contributed by atoms with van der Waals surface area (Å²) in [7, 11) is 0. The molecule has 0 aliphatic heterocycles. The summed E-state index contributed by atoms with van der Waals surface area (Å²) in [5.41, 5.74) is 4.35. The first kappa shape index (κ1) is 26.2. The van der Waals surface area contributed by atoms with E-state index < -0.39 is 11.9 Å². The first-order valence-corrected chi connectivity index (χ1v) is 12.2. The summed E-state index contributed by atoms with van der Waals surface area (Å²) in [6, 6.07) is 25.4. The molecule has 0 atom stereocenters. The average Bonchev–Trinajstić information content (AvgIpc) is 2.94. The van der Waals surface area contributed by atoms with Gasteiger partial charge in [0.05, 0.1) is 18.4 Å². The Hall–Kier alpha value is -4.91. The van der Waals surface area contributed by atoms with Gasteiger partial charge in [0.2, 0.25) is 0 Å². The van der Waals surface area contributed by atoms with E-state index in [4.69, 9.17) is 14.2 Å². The van der Waals surface area contributed by atoms with Crippen LogP contribution in [0.3, 0.4) is 0 Å². The van der Waals surface area contributed by atoms with Crippen LogP contribution < -0.4 is 19.6 Å². The summed E-state index contributed by atoms with van der Waals surface area (Å²) < 4.78 is 16.8. The fourth-order valence-electron chi connectivity index (χ4n) is 3.82. The van der Waals surface area contributed by atoms with Crippen molar-refractivity contribution in [3.05, 3.63) is 114 Å². The minimum atomic E-state index is -0.520. The second kappa shape index (κ2) is 12.9. The second-order valence-electron chi connectivity index (χ2n) is 8.23. The molecule has 7 heteroatoms. The SMILES string of the molecule is C=CCc1ccccc1OCC(=O)N/N=C/c1c(OC(=O)c2ccc(OCC)cc2)ccc2ccccc12. The van der Waals surface area contributed by atoms with Crippen molar-refractivity contribution in [3.63, 3.8) is 0 Å². The lowest BCUT2D eigenvalue weighted by molar-refractivity contribution is -0.123. The molecule has 4 aromatic carbocycles. The lowest BCUT2D eigenvalue weighted by Crippen LogP contribution is -2.25. The average molecular weight is 509 g/mol. The van der Waals surface area contributed by atoms with Crippen LogP contribution in [0.1, 0.15) is 28.4 Å². The van der Waals surface area contributed by atoms with Crippen molar-refractivity contribution in [2.24, 2.45) is 5.10 Å². The third-order valence-corrected chi connectivity index (χ3v) is 5.61. The molecule has 0 heterocycles. The molecule has 0 aliphatic rings. The van der Waals surface area contributed by atoms with Gasteiger partial charge in [0.25, 0.3) is 5.91 Å². The lowest BCUT2D eigenvalue weighted by atomic mass is 10.0. The standard InChI is InChI=1S/C31H28N2O5/c1-3-9-23-11-6-8-13-28(23)37-21-30(34)33-32-20-27-26-12-7-5-10-22(26)16-19-29(27)38-31(35)24-14-17-25(18-15-24)36-4-2/h3,5-8,10-20H,1,4,9,21H2,2H3,(H,33,34)/b32-20+. The predicted molar refractivity (Wildman–Crippen MR) is 148 cm³/mol. The van der Waals surface area contributed by atoms with E-state index in [1.54, 1.807) is 42.5 Å². The van der Waals surface area contributed by atoms with Crippen LogP contribution in [-0.4, -0.2) is 31.3 Å². The molecular weight excluding hydrogens is 480 g/mol. The van der Waals surface area contributed by atoms with E-state index in [1.807, 2.05) is 55.5 Å². The summed E-state index contributed by atoms with van der Waals surface area (Å²) in [6.45, 7) is 5.97. The van der Waals surface area contributed by atoms with E-state index in [-0.39, 0.29) is 6.61 Å². The number of rotatable bonds is 11. The van der Waals surface area contributed by atoms with Crippen molar-refractivity contribution in [1.82, 2.24) is 5.43 Å². The van der Waals surface area contributed by atoms with Crippen LogP contribution in [0.5, 0.6) is 17.2 Å². The molecule has 4 aromatic rings. The topological polar surface area (TPSA) is 86.2 Å². The number of hydrogen-bond acceptors (Lipinski definition) is 6. The smallest absolute Gasteiger partial charge is 0.343 e. The maximum atomic E-state index is 12.8. The van der Waals surface area contributed by atoms with Crippen LogP contribution in [0.2, 0.25) is 0 Å². The summed E-state index contributed by atoms with van der Waals surface area (Å²) >= 11 is 0. The molecule has 0 bridgehead atoms. The van der Waals surface area contributed by atoms with Gasteiger partial charge in [-0.3, -0.25) is 4.79 Å². The van der Waals surface area contributed by atoms with Gasteiger partial charge in [0.1, 0.15) is 17.2 Å². The fraction of sp³-hybridized carbons (Fsp3) is 0.129. The Balaban J connectivity index is 1.48. The molecule has 0 aliphatic carbocycles. The van der Waals surface area contributed by atoms with E-state index in [0.717, 1.165) is 16.3 Å². The van der Waals surface area contributed by atoms with E-state index in [2.05, 4.69) is 17.1 Å². The zero-order chi connectivity index (χ0) is 26.7. The van der Waals surface area contributed by atoms with Crippen molar-refractivity contribution in [1.29, 1.82) is 0 Å². The van der Waals surface area contributed by atoms with Gasteiger partial charge in [0, 0.05) is 5.56 Å². The zero-order valence-corrected chi connectivity index (χ0v) is 21.1. The van der Waals surface area contributed by atoms with Crippen LogP contribution in [0.15, 0.2) is 103 Å². The molecule has 1 amide bonds. The highest BCUT2D eigenvalue weighted by atomic mass is 16.5. The first-order valence-electron chi connectivity index (χ1n) is 12.2. The van der Waals surface area contributed by atoms with Crippen molar-refractivity contribution < 1.29 is 23.8 Å². The van der Waals surface area contributed by atoms with Gasteiger partial charge in [0.15, 0.2) is 6.61 Å². The zero-order valence-electron chi connectivity index (χ0n) is 21.1. The number of esters is 1. The normalized spacial score (nSPS) is 10.8. The Kier molecular flexibility index (Phi) is 8.86. The highest BCUT2D eigenvalue weighted by Crippen LogP contribution is 2.28. The molecule has 38 heavy (non-hydrogen) atoms. The number of nitrogens with one attached hydrogen (secondary N) is 1. The number of nitrogens with zero attached hydrogens (tertiary/aromatic N) is 1. The molecule has 0 saturated heterocycles. The number of allylic oxidation sites excluding steroid dienone is 1. The molecule has 192 valence electrons. The number of amides is 1. The number of fused-ring (bicyclic) bond motifs is 1. The molecule has 0 spiro atoms. The monoisotopic (exact) mass is 508 g/mol. The summed E-state index contributed by atoms with van der Waals surface area (Å²) in [6.07, 6.45) is 3.87. The molecule has 0 aromatic heterocycles. The molecule has 7 nitrogen and oxygen atoms in total. The largest absolute Gasteiger partial charge is 0.494 e. The van der Waals surface area contributed by atoms with Crippen molar-refractivity contribution in [3.8, 4) is 17.2 Å². The van der Waals surface area contributed by atoms with Crippen LogP contribution in [0.4, 0.5) is 0 Å². The third-order valence-electron chi connectivity index (χ3n) is 5.61. The highest BCUT2D eigenvalue weighted by molar-refractivity contribution is 6.04. The van der Waals surface area contributed by atoms with Gasteiger partial charge in [-0.25, -0.2) is 10.2 Å². The Bertz CT molecular complexity index is 1460. The molecular formula is C31H28N2O5. The van der Waals surface area contributed by atoms with Gasteiger partial charge in [-0.1, -0.05) is 54.6 Å². The predicted octanol–water partition coefficient (Wildman–Crippen LogP) is 5.72. The van der Waals surface area contributed by atoms with Gasteiger partial charge in [-0.2, -0.15) is 5.10 Å². The number of carbonyl (C=O) groups is 2. The Morgan fingerprint density at radius 1 is 0.895 bits per heavy atom. The van der Waals surface area contributed by atoms with E-state index in [9.17, 15) is 9.59 Å². The number of hydrazone groups is 1. The molecule has 0 saturated carbocycles. The number of benzene rings is 4. The maximum absolute atomic E-state index is 12.8. The summed E-state index contributed by atoms with van der Waals surface area (Å²) in [5.74, 6) is 0.655. The van der Waals surface area contributed by atoms with E-state index >= 15 is 0 Å². The molecule has 0 radical (unpaired) electrons. The number of para-hydroxylation sites is 1. The Morgan fingerprint density at radius 2 is 1.66 bits per heavy atom. The third kappa shape index (κ3) is 6.64. The molecule has 1 N–H and O–H groups in total. The molecule has 0 fully saturated rings. The minimum Gasteiger partial charge on any atom is -0.494 e. The maximum Gasteiger partial charge on any atom is 0.343 e. The highest BCUT2D eigenvalue weighted by Gasteiger charge is 2.14. The molecule has 0 unspecified atom stereocenters. The number of ether oxygens (including phenoxy) is 3. The van der Waals surface area contributed by atoms with Gasteiger partial charge < -0.3 is 14.2 Å². The molecule has 4 rings (SSSR count). The Morgan fingerprint density at radius 3 is 2.45 bits per heavy atom. The van der Waals surface area contributed by atoms with Gasteiger partial charge >= 0.3 is 5.97 Å². The quantitative estimate of drug-likeness (QED) is 0.0921. The summed E-state index contributed by atoms with van der Waals surface area (Å²) in [5, 5.41) is 5.86. The van der Waals surface area contributed by atoms with Crippen molar-refractivity contribution in [2.75, 3.05) is 13.2 Å². The van der Waals surface area contributed by atoms with Crippen molar-refractivity contribution in [2.45, 2.75) is 13.3 Å². The number of hydrogen-bond donors (Lipinski definition) is 1. The lowest BCUT2D eigenvalue weighted by Gasteiger charge is -2.11.